The van der Waals surface area contributed by atoms with Crippen molar-refractivity contribution in [2.75, 3.05) is 14.1 Å². The Hall–Kier alpha value is -1.36. The number of carbonyl (C=O) groups is 2. The maximum absolute atomic E-state index is 11.9. The first-order valence-electron chi connectivity index (χ1n) is 5.65. The SMILES string of the molecule is CNC(=O)[C@@H]1CCC(=O)N(C)[C@H]1c1cccs1. The van der Waals surface area contributed by atoms with Gasteiger partial charge in [0.1, 0.15) is 0 Å². The molecule has 0 radical (unpaired) electrons. The molecule has 17 heavy (non-hydrogen) atoms. The van der Waals surface area contributed by atoms with Crippen molar-refractivity contribution in [2.24, 2.45) is 5.92 Å². The molecule has 1 aliphatic rings. The lowest BCUT2D eigenvalue weighted by Crippen LogP contribution is -2.45. The fourth-order valence-corrected chi connectivity index (χ4v) is 3.28. The van der Waals surface area contributed by atoms with Gasteiger partial charge in [0.15, 0.2) is 0 Å². The van der Waals surface area contributed by atoms with Gasteiger partial charge in [-0.2, -0.15) is 0 Å². The molecule has 1 aromatic rings. The maximum Gasteiger partial charge on any atom is 0.225 e. The second-order valence-electron chi connectivity index (χ2n) is 4.22. The average Bonchev–Trinajstić information content (AvgIpc) is 2.84. The van der Waals surface area contributed by atoms with Crippen molar-refractivity contribution in [1.29, 1.82) is 0 Å². The van der Waals surface area contributed by atoms with Crippen LogP contribution in [0.15, 0.2) is 17.5 Å². The lowest BCUT2D eigenvalue weighted by atomic mass is 9.87. The number of thiophene rings is 1. The van der Waals surface area contributed by atoms with Crippen molar-refractivity contribution in [2.45, 2.75) is 18.9 Å². The third-order valence-electron chi connectivity index (χ3n) is 3.28. The minimum Gasteiger partial charge on any atom is -0.359 e. The van der Waals surface area contributed by atoms with Crippen molar-refractivity contribution in [3.63, 3.8) is 0 Å². The molecule has 92 valence electrons. The van der Waals surface area contributed by atoms with Gasteiger partial charge in [-0.15, -0.1) is 11.3 Å². The zero-order valence-corrected chi connectivity index (χ0v) is 10.8. The van der Waals surface area contributed by atoms with Gasteiger partial charge in [0.25, 0.3) is 0 Å². The van der Waals surface area contributed by atoms with Crippen molar-refractivity contribution < 1.29 is 9.59 Å². The van der Waals surface area contributed by atoms with E-state index in [1.807, 2.05) is 17.5 Å². The second kappa shape index (κ2) is 4.87. The summed E-state index contributed by atoms with van der Waals surface area (Å²) in [5.41, 5.74) is 0. The molecular formula is C12H16N2O2S. The summed E-state index contributed by atoms with van der Waals surface area (Å²) in [7, 11) is 3.42. The Kier molecular flexibility index (Phi) is 3.47. The van der Waals surface area contributed by atoms with Gasteiger partial charge in [0.2, 0.25) is 11.8 Å². The van der Waals surface area contributed by atoms with E-state index >= 15 is 0 Å². The van der Waals surface area contributed by atoms with Gasteiger partial charge in [-0.1, -0.05) is 6.07 Å². The van der Waals surface area contributed by atoms with E-state index in [4.69, 9.17) is 0 Å². The summed E-state index contributed by atoms with van der Waals surface area (Å²) >= 11 is 1.59. The van der Waals surface area contributed by atoms with E-state index in [1.54, 1.807) is 30.3 Å². The van der Waals surface area contributed by atoms with Crippen LogP contribution in [-0.4, -0.2) is 30.8 Å². The molecule has 1 aromatic heterocycles. The number of nitrogens with zero attached hydrogens (tertiary/aromatic N) is 1. The van der Waals surface area contributed by atoms with Crippen molar-refractivity contribution in [3.05, 3.63) is 22.4 Å². The van der Waals surface area contributed by atoms with Gasteiger partial charge in [0.05, 0.1) is 12.0 Å². The molecule has 1 saturated heterocycles. The van der Waals surface area contributed by atoms with Gasteiger partial charge >= 0.3 is 0 Å². The van der Waals surface area contributed by atoms with Crippen LogP contribution in [0.1, 0.15) is 23.8 Å². The van der Waals surface area contributed by atoms with Gasteiger partial charge in [-0.05, 0) is 17.9 Å². The van der Waals surface area contributed by atoms with Crippen molar-refractivity contribution in [1.82, 2.24) is 10.2 Å². The molecule has 1 fully saturated rings. The Morgan fingerprint density at radius 1 is 1.59 bits per heavy atom. The standard InChI is InChI=1S/C12H16N2O2S/c1-13-12(16)8-5-6-10(15)14(2)11(8)9-4-3-7-17-9/h3-4,7-8,11H,5-6H2,1-2H3,(H,13,16)/t8-,11-/m1/s1. The molecule has 5 heteroatoms. The smallest absolute Gasteiger partial charge is 0.225 e. The third-order valence-corrected chi connectivity index (χ3v) is 4.22. The van der Waals surface area contributed by atoms with Crippen LogP contribution in [0.3, 0.4) is 0 Å². The summed E-state index contributed by atoms with van der Waals surface area (Å²) in [5.74, 6) is -0.00680. The molecule has 2 rings (SSSR count). The minimum atomic E-state index is -0.138. The fourth-order valence-electron chi connectivity index (χ4n) is 2.35. The molecular weight excluding hydrogens is 236 g/mol. The second-order valence-corrected chi connectivity index (χ2v) is 5.20. The molecule has 4 nitrogen and oxygen atoms in total. The number of hydrogen-bond acceptors (Lipinski definition) is 3. The van der Waals surface area contributed by atoms with E-state index in [0.29, 0.717) is 12.8 Å². The van der Waals surface area contributed by atoms with Crippen LogP contribution in [0.4, 0.5) is 0 Å². The van der Waals surface area contributed by atoms with Crippen LogP contribution in [0.25, 0.3) is 0 Å². The summed E-state index contributed by atoms with van der Waals surface area (Å²) in [6.07, 6.45) is 1.09. The van der Waals surface area contributed by atoms with Crippen molar-refractivity contribution in [3.8, 4) is 0 Å². The first-order valence-corrected chi connectivity index (χ1v) is 6.53. The lowest BCUT2D eigenvalue weighted by molar-refractivity contribution is -0.141. The van der Waals surface area contributed by atoms with Crippen LogP contribution in [0, 0.1) is 5.92 Å². The van der Waals surface area contributed by atoms with E-state index < -0.39 is 0 Å². The molecule has 2 atom stereocenters. The zero-order chi connectivity index (χ0) is 12.4. The predicted octanol–water partition coefficient (Wildman–Crippen LogP) is 1.40. The van der Waals surface area contributed by atoms with E-state index in [0.717, 1.165) is 4.88 Å². The molecule has 0 aromatic carbocycles. The quantitative estimate of drug-likeness (QED) is 0.865. The largest absolute Gasteiger partial charge is 0.359 e. The summed E-state index contributed by atoms with van der Waals surface area (Å²) in [6, 6.07) is 3.82. The molecule has 1 aliphatic heterocycles. The van der Waals surface area contributed by atoms with Gasteiger partial charge in [0, 0.05) is 25.4 Å². The van der Waals surface area contributed by atoms with E-state index in [-0.39, 0.29) is 23.8 Å². The molecule has 0 spiro atoms. The van der Waals surface area contributed by atoms with Gasteiger partial charge < -0.3 is 10.2 Å². The molecule has 1 N–H and O–H groups in total. The Bertz CT molecular complexity index is 416. The van der Waals surface area contributed by atoms with Crippen LogP contribution in [0.2, 0.25) is 0 Å². The number of carbonyl (C=O) groups excluding carboxylic acids is 2. The summed E-state index contributed by atoms with van der Waals surface area (Å²) in [4.78, 5) is 26.4. The third kappa shape index (κ3) is 2.20. The highest BCUT2D eigenvalue weighted by Crippen LogP contribution is 2.37. The Labute approximate surface area is 105 Å². The predicted molar refractivity (Wildman–Crippen MR) is 66.6 cm³/mol. The first kappa shape index (κ1) is 12.1. The Morgan fingerprint density at radius 2 is 2.35 bits per heavy atom. The molecule has 0 aliphatic carbocycles. The van der Waals surface area contributed by atoms with Crippen LogP contribution < -0.4 is 5.32 Å². The summed E-state index contributed by atoms with van der Waals surface area (Å²) < 4.78 is 0. The summed E-state index contributed by atoms with van der Waals surface area (Å²) in [5, 5.41) is 4.67. The highest BCUT2D eigenvalue weighted by atomic mass is 32.1. The highest BCUT2D eigenvalue weighted by molar-refractivity contribution is 7.10. The van der Waals surface area contributed by atoms with Crippen LogP contribution in [-0.2, 0) is 9.59 Å². The number of hydrogen-bond donors (Lipinski definition) is 1. The van der Waals surface area contributed by atoms with E-state index in [2.05, 4.69) is 5.32 Å². The normalized spacial score (nSPS) is 24.8. The molecule has 2 amide bonds. The number of piperidine rings is 1. The average molecular weight is 252 g/mol. The van der Waals surface area contributed by atoms with Crippen LogP contribution >= 0.6 is 11.3 Å². The van der Waals surface area contributed by atoms with Gasteiger partial charge in [-0.3, -0.25) is 9.59 Å². The highest BCUT2D eigenvalue weighted by Gasteiger charge is 2.38. The molecule has 0 bridgehead atoms. The topological polar surface area (TPSA) is 49.4 Å². The minimum absolute atomic E-state index is 0.0164. The first-order chi connectivity index (χ1) is 8.15. The number of likely N-dealkylation sites (tertiary alicyclic amines) is 1. The zero-order valence-electron chi connectivity index (χ0n) is 9.97. The fraction of sp³-hybridized carbons (Fsp3) is 0.500. The lowest BCUT2D eigenvalue weighted by Gasteiger charge is -2.37. The molecule has 0 saturated carbocycles. The van der Waals surface area contributed by atoms with E-state index in [9.17, 15) is 9.59 Å². The van der Waals surface area contributed by atoms with E-state index in [1.165, 1.54) is 0 Å². The number of nitrogens with one attached hydrogen (secondary N) is 1. The monoisotopic (exact) mass is 252 g/mol. The van der Waals surface area contributed by atoms with Gasteiger partial charge in [-0.25, -0.2) is 0 Å². The Balaban J connectivity index is 2.32. The maximum atomic E-state index is 11.9. The van der Waals surface area contributed by atoms with Crippen molar-refractivity contribution >= 4 is 23.2 Å². The number of amides is 2. The Morgan fingerprint density at radius 3 is 2.94 bits per heavy atom. The number of rotatable bonds is 2. The molecule has 2 heterocycles. The summed E-state index contributed by atoms with van der Waals surface area (Å²) in [6.45, 7) is 0. The molecule has 0 unspecified atom stereocenters. The van der Waals surface area contributed by atoms with Crippen LogP contribution in [0.5, 0.6) is 0 Å².